The Labute approximate surface area is 149 Å². The Balaban J connectivity index is 2.05. The van der Waals surface area contributed by atoms with Gasteiger partial charge >= 0.3 is 0 Å². The van der Waals surface area contributed by atoms with Crippen molar-refractivity contribution < 1.29 is 4.79 Å². The lowest BCUT2D eigenvalue weighted by Gasteiger charge is -2.39. The highest BCUT2D eigenvalue weighted by Gasteiger charge is 2.33. The number of nitrogens with zero attached hydrogens (tertiary/aromatic N) is 1. The third-order valence-corrected chi connectivity index (χ3v) is 5.34. The molecular formula is C21H24ClNO. The van der Waals surface area contributed by atoms with Crippen molar-refractivity contribution in [3.8, 4) is 0 Å². The summed E-state index contributed by atoms with van der Waals surface area (Å²) in [4.78, 5) is 15.2. The van der Waals surface area contributed by atoms with Crippen LogP contribution in [0.2, 0.25) is 5.02 Å². The lowest BCUT2D eigenvalue weighted by molar-refractivity contribution is -0.137. The van der Waals surface area contributed by atoms with Gasteiger partial charge in [-0.2, -0.15) is 0 Å². The minimum Gasteiger partial charge on any atom is -0.331 e. The highest BCUT2D eigenvalue weighted by Crippen LogP contribution is 2.36. The van der Waals surface area contributed by atoms with Crippen LogP contribution in [0.5, 0.6) is 0 Å². The largest absolute Gasteiger partial charge is 0.331 e. The average Bonchev–Trinajstić information content (AvgIpc) is 2.62. The summed E-state index contributed by atoms with van der Waals surface area (Å²) in [6.07, 6.45) is 2.70. The first kappa shape index (κ1) is 17.0. The number of carbonyl (C=O) groups excluding carboxylic acids is 1. The fourth-order valence-corrected chi connectivity index (χ4v) is 3.81. The number of benzene rings is 2. The number of halogens is 1. The highest BCUT2D eigenvalue weighted by atomic mass is 35.5. The van der Waals surface area contributed by atoms with Crippen LogP contribution in [0.4, 0.5) is 0 Å². The molecule has 3 rings (SSSR count). The van der Waals surface area contributed by atoms with Crippen LogP contribution in [0.1, 0.15) is 49.4 Å². The van der Waals surface area contributed by atoms with E-state index in [4.69, 9.17) is 11.6 Å². The summed E-state index contributed by atoms with van der Waals surface area (Å²) in [6.45, 7) is 4.97. The van der Waals surface area contributed by atoms with Crippen molar-refractivity contribution in [3.63, 3.8) is 0 Å². The van der Waals surface area contributed by atoms with E-state index in [0.29, 0.717) is 0 Å². The van der Waals surface area contributed by atoms with Crippen molar-refractivity contribution in [1.82, 2.24) is 4.90 Å². The Hall–Kier alpha value is -1.80. The smallest absolute Gasteiger partial charge is 0.226 e. The van der Waals surface area contributed by atoms with Gasteiger partial charge in [0.25, 0.3) is 0 Å². The van der Waals surface area contributed by atoms with Crippen LogP contribution in [0.3, 0.4) is 0 Å². The molecular weight excluding hydrogens is 318 g/mol. The van der Waals surface area contributed by atoms with Gasteiger partial charge in [0.2, 0.25) is 5.91 Å². The summed E-state index contributed by atoms with van der Waals surface area (Å²) in [6, 6.07) is 16.4. The zero-order valence-electron chi connectivity index (χ0n) is 14.3. The Morgan fingerprint density at radius 2 is 1.79 bits per heavy atom. The Kier molecular flexibility index (Phi) is 5.25. The van der Waals surface area contributed by atoms with Crippen molar-refractivity contribution in [2.24, 2.45) is 5.92 Å². The minimum absolute atomic E-state index is 0.0136. The van der Waals surface area contributed by atoms with Gasteiger partial charge in [-0.05, 0) is 48.1 Å². The summed E-state index contributed by atoms with van der Waals surface area (Å²) in [5, 5.41) is 0.723. The SMILES string of the molecule is CCC(CC)C(=O)N1CCc2ccccc2[C@H]1c1ccc(Cl)cc1. The number of carbonyl (C=O) groups is 1. The minimum atomic E-state index is -0.0136. The third-order valence-electron chi connectivity index (χ3n) is 5.09. The zero-order chi connectivity index (χ0) is 17.1. The molecule has 126 valence electrons. The van der Waals surface area contributed by atoms with Crippen LogP contribution < -0.4 is 0 Å². The predicted molar refractivity (Wildman–Crippen MR) is 99.2 cm³/mol. The Morgan fingerprint density at radius 3 is 2.46 bits per heavy atom. The summed E-state index contributed by atoms with van der Waals surface area (Å²) in [5.74, 6) is 0.375. The molecule has 0 unspecified atom stereocenters. The van der Waals surface area contributed by atoms with Crippen LogP contribution in [0.15, 0.2) is 48.5 Å². The number of rotatable bonds is 4. The lowest BCUT2D eigenvalue weighted by Crippen LogP contribution is -2.43. The van der Waals surface area contributed by atoms with E-state index in [1.165, 1.54) is 11.1 Å². The molecule has 2 aromatic rings. The molecule has 0 fully saturated rings. The summed E-state index contributed by atoms with van der Waals surface area (Å²) in [7, 11) is 0. The number of hydrogen-bond donors (Lipinski definition) is 0. The summed E-state index contributed by atoms with van der Waals surface area (Å²) >= 11 is 6.06. The van der Waals surface area contributed by atoms with E-state index in [1.54, 1.807) is 0 Å². The molecule has 0 bridgehead atoms. The molecule has 1 aliphatic heterocycles. The van der Waals surface area contributed by atoms with E-state index in [9.17, 15) is 4.79 Å². The van der Waals surface area contributed by atoms with Crippen molar-refractivity contribution in [2.75, 3.05) is 6.54 Å². The molecule has 0 saturated carbocycles. The maximum Gasteiger partial charge on any atom is 0.226 e. The molecule has 1 atom stereocenters. The Bertz CT molecular complexity index is 706. The second kappa shape index (κ2) is 7.40. The first-order chi connectivity index (χ1) is 11.7. The second-order valence-corrected chi connectivity index (χ2v) is 6.88. The standard InChI is InChI=1S/C21H24ClNO/c1-3-15(4-2)21(24)23-14-13-16-7-5-6-8-19(16)20(23)17-9-11-18(22)12-10-17/h5-12,15,20H,3-4,13-14H2,1-2H3/t20-/m1/s1. The van der Waals surface area contributed by atoms with Crippen LogP contribution in [0, 0.1) is 5.92 Å². The average molecular weight is 342 g/mol. The van der Waals surface area contributed by atoms with E-state index in [1.807, 2.05) is 24.3 Å². The molecule has 3 heteroatoms. The first-order valence-electron chi connectivity index (χ1n) is 8.79. The molecule has 0 aliphatic carbocycles. The van der Waals surface area contributed by atoms with E-state index in [0.717, 1.165) is 36.4 Å². The number of hydrogen-bond acceptors (Lipinski definition) is 1. The lowest BCUT2D eigenvalue weighted by atomic mass is 9.87. The van der Waals surface area contributed by atoms with Crippen molar-refractivity contribution >= 4 is 17.5 Å². The van der Waals surface area contributed by atoms with E-state index in [2.05, 4.69) is 43.0 Å². The van der Waals surface area contributed by atoms with Gasteiger partial charge < -0.3 is 4.90 Å². The molecule has 2 nitrogen and oxygen atoms in total. The van der Waals surface area contributed by atoms with Gasteiger partial charge in [0.05, 0.1) is 6.04 Å². The van der Waals surface area contributed by atoms with Crippen molar-refractivity contribution in [1.29, 1.82) is 0 Å². The molecule has 2 aromatic carbocycles. The Morgan fingerprint density at radius 1 is 1.12 bits per heavy atom. The topological polar surface area (TPSA) is 20.3 Å². The fourth-order valence-electron chi connectivity index (χ4n) is 3.68. The normalized spacial score (nSPS) is 17.0. The second-order valence-electron chi connectivity index (χ2n) is 6.45. The van der Waals surface area contributed by atoms with Crippen LogP contribution in [0.25, 0.3) is 0 Å². The molecule has 0 aromatic heterocycles. The van der Waals surface area contributed by atoms with Gasteiger partial charge in [-0.1, -0.05) is 61.8 Å². The van der Waals surface area contributed by atoms with Gasteiger partial charge in [-0.25, -0.2) is 0 Å². The van der Waals surface area contributed by atoms with E-state index >= 15 is 0 Å². The number of amides is 1. The molecule has 1 aliphatic rings. The monoisotopic (exact) mass is 341 g/mol. The van der Waals surface area contributed by atoms with Crippen LogP contribution in [-0.4, -0.2) is 17.4 Å². The van der Waals surface area contributed by atoms with Crippen molar-refractivity contribution in [3.05, 3.63) is 70.2 Å². The van der Waals surface area contributed by atoms with Crippen LogP contribution >= 0.6 is 11.6 Å². The van der Waals surface area contributed by atoms with E-state index in [-0.39, 0.29) is 17.9 Å². The molecule has 0 spiro atoms. The molecule has 0 N–H and O–H groups in total. The molecule has 0 saturated heterocycles. The molecule has 0 radical (unpaired) electrons. The fraction of sp³-hybridized carbons (Fsp3) is 0.381. The van der Waals surface area contributed by atoms with Gasteiger partial charge in [0, 0.05) is 17.5 Å². The first-order valence-corrected chi connectivity index (χ1v) is 9.17. The van der Waals surface area contributed by atoms with Gasteiger partial charge in [0.1, 0.15) is 0 Å². The zero-order valence-corrected chi connectivity index (χ0v) is 15.1. The third kappa shape index (κ3) is 3.21. The summed E-state index contributed by atoms with van der Waals surface area (Å²) in [5.41, 5.74) is 3.71. The quantitative estimate of drug-likeness (QED) is 0.743. The molecule has 1 amide bonds. The van der Waals surface area contributed by atoms with Gasteiger partial charge in [-0.3, -0.25) is 4.79 Å². The van der Waals surface area contributed by atoms with Gasteiger partial charge in [-0.15, -0.1) is 0 Å². The maximum atomic E-state index is 13.1. The number of fused-ring (bicyclic) bond motifs is 1. The van der Waals surface area contributed by atoms with Crippen LogP contribution in [-0.2, 0) is 11.2 Å². The molecule has 1 heterocycles. The predicted octanol–water partition coefficient (Wildman–Crippen LogP) is 5.25. The van der Waals surface area contributed by atoms with Crippen molar-refractivity contribution in [2.45, 2.75) is 39.2 Å². The maximum absolute atomic E-state index is 13.1. The summed E-state index contributed by atoms with van der Waals surface area (Å²) < 4.78 is 0. The highest BCUT2D eigenvalue weighted by molar-refractivity contribution is 6.30. The molecule has 24 heavy (non-hydrogen) atoms. The van der Waals surface area contributed by atoms with Gasteiger partial charge in [0.15, 0.2) is 0 Å². The van der Waals surface area contributed by atoms with E-state index < -0.39 is 0 Å².